The highest BCUT2D eigenvalue weighted by molar-refractivity contribution is 6.30. The Balaban J connectivity index is 2.98. The van der Waals surface area contributed by atoms with E-state index < -0.39 is 23.9 Å². The molecule has 0 saturated carbocycles. The van der Waals surface area contributed by atoms with E-state index in [0.717, 1.165) is 0 Å². The minimum Gasteiger partial charge on any atom is -0.390 e. The summed E-state index contributed by atoms with van der Waals surface area (Å²) in [6.45, 7) is 0.405. The fourth-order valence-corrected chi connectivity index (χ4v) is 1.70. The van der Waals surface area contributed by atoms with Crippen molar-refractivity contribution in [1.82, 2.24) is 10.3 Å². The van der Waals surface area contributed by atoms with Gasteiger partial charge in [0.15, 0.2) is 0 Å². The molecule has 3 N–H and O–H groups in total. The lowest BCUT2D eigenvalue weighted by atomic mass is 10.0. The van der Waals surface area contributed by atoms with Crippen LogP contribution in [0.25, 0.3) is 0 Å². The van der Waals surface area contributed by atoms with Crippen molar-refractivity contribution in [2.45, 2.75) is 24.8 Å². The van der Waals surface area contributed by atoms with E-state index in [4.69, 9.17) is 11.6 Å². The van der Waals surface area contributed by atoms with E-state index in [0.29, 0.717) is 18.8 Å². The van der Waals surface area contributed by atoms with Crippen LogP contribution in [0.4, 0.5) is 13.2 Å². The number of nitrogens with zero attached hydrogens (tertiary/aromatic N) is 1. The largest absolute Gasteiger partial charge is 0.417 e. The topological polar surface area (TPSA) is 65.4 Å². The zero-order chi connectivity index (χ0) is 14.6. The fraction of sp³-hybridized carbons (Fsp3) is 0.545. The molecular weight excluding hydrogens is 285 g/mol. The first-order valence-corrected chi connectivity index (χ1v) is 5.88. The van der Waals surface area contributed by atoms with Crippen molar-refractivity contribution >= 4 is 11.6 Å². The van der Waals surface area contributed by atoms with Gasteiger partial charge in [-0.15, -0.1) is 0 Å². The van der Waals surface area contributed by atoms with Crippen LogP contribution in [-0.4, -0.2) is 34.9 Å². The summed E-state index contributed by atoms with van der Waals surface area (Å²) >= 11 is 5.65. The van der Waals surface area contributed by atoms with Crippen LogP contribution in [0.3, 0.4) is 0 Å². The zero-order valence-electron chi connectivity index (χ0n) is 10.1. The summed E-state index contributed by atoms with van der Waals surface area (Å²) in [5, 5.41) is 22.0. The zero-order valence-corrected chi connectivity index (χ0v) is 10.8. The quantitative estimate of drug-likeness (QED) is 0.725. The molecule has 0 amide bonds. The van der Waals surface area contributed by atoms with Crippen LogP contribution in [0, 0.1) is 0 Å². The van der Waals surface area contributed by atoms with Crippen LogP contribution in [0.15, 0.2) is 12.3 Å². The van der Waals surface area contributed by atoms with E-state index in [9.17, 15) is 23.4 Å². The van der Waals surface area contributed by atoms with Gasteiger partial charge in [-0.05, 0) is 26.1 Å². The molecule has 1 aromatic rings. The van der Waals surface area contributed by atoms with Crippen molar-refractivity contribution in [3.8, 4) is 0 Å². The highest BCUT2D eigenvalue weighted by Gasteiger charge is 2.33. The van der Waals surface area contributed by atoms with Gasteiger partial charge in [0.1, 0.15) is 11.3 Å². The monoisotopic (exact) mass is 298 g/mol. The molecule has 0 aromatic carbocycles. The van der Waals surface area contributed by atoms with E-state index in [-0.39, 0.29) is 17.1 Å². The molecule has 8 heteroatoms. The van der Waals surface area contributed by atoms with Crippen LogP contribution < -0.4 is 5.32 Å². The van der Waals surface area contributed by atoms with Gasteiger partial charge in [-0.1, -0.05) is 11.6 Å². The number of alkyl halides is 3. The van der Waals surface area contributed by atoms with Gasteiger partial charge in [-0.2, -0.15) is 13.2 Å². The Kier molecular flexibility index (Phi) is 5.54. The maximum atomic E-state index is 12.5. The highest BCUT2D eigenvalue weighted by Crippen LogP contribution is 2.33. The van der Waals surface area contributed by atoms with Crippen molar-refractivity contribution in [1.29, 1.82) is 0 Å². The van der Waals surface area contributed by atoms with E-state index in [1.54, 1.807) is 7.05 Å². The Morgan fingerprint density at radius 1 is 1.42 bits per heavy atom. The van der Waals surface area contributed by atoms with Crippen LogP contribution in [-0.2, 0) is 6.18 Å². The normalized spacial score (nSPS) is 15.3. The van der Waals surface area contributed by atoms with Crippen LogP contribution in [0.2, 0.25) is 5.15 Å². The van der Waals surface area contributed by atoms with E-state index in [1.165, 1.54) is 0 Å². The number of nitrogens with one attached hydrogen (secondary N) is 1. The van der Waals surface area contributed by atoms with Gasteiger partial charge in [-0.3, -0.25) is 0 Å². The van der Waals surface area contributed by atoms with Gasteiger partial charge in [-0.25, -0.2) is 4.98 Å². The van der Waals surface area contributed by atoms with E-state index in [1.807, 2.05) is 0 Å². The average Bonchev–Trinajstić information content (AvgIpc) is 2.34. The first kappa shape index (κ1) is 16.2. The van der Waals surface area contributed by atoms with Gasteiger partial charge in [0.25, 0.3) is 0 Å². The maximum absolute atomic E-state index is 12.5. The lowest BCUT2D eigenvalue weighted by Crippen LogP contribution is -2.24. The molecule has 2 atom stereocenters. The molecule has 0 aliphatic rings. The van der Waals surface area contributed by atoms with Crippen molar-refractivity contribution in [3.63, 3.8) is 0 Å². The van der Waals surface area contributed by atoms with Crippen molar-refractivity contribution < 1.29 is 23.4 Å². The summed E-state index contributed by atoms with van der Waals surface area (Å²) in [6, 6.07) is 0.697. The summed E-state index contributed by atoms with van der Waals surface area (Å²) in [5.74, 6) is 0. The predicted octanol–water partition coefficient (Wildman–Crippen LogP) is 1.76. The minimum absolute atomic E-state index is 0.171. The second-order valence-corrected chi connectivity index (χ2v) is 4.36. The van der Waals surface area contributed by atoms with E-state index in [2.05, 4.69) is 10.3 Å². The lowest BCUT2D eigenvalue weighted by Gasteiger charge is -2.19. The molecule has 1 aromatic heterocycles. The molecule has 2 unspecified atom stereocenters. The van der Waals surface area contributed by atoms with Crippen LogP contribution in [0.1, 0.15) is 23.7 Å². The Bertz CT molecular complexity index is 429. The molecule has 0 bridgehead atoms. The third kappa shape index (κ3) is 4.31. The second kappa shape index (κ2) is 6.51. The molecule has 19 heavy (non-hydrogen) atoms. The summed E-state index contributed by atoms with van der Waals surface area (Å²) in [6.07, 6.45) is -6.57. The number of halogens is 4. The molecule has 0 radical (unpaired) electrons. The standard InChI is InChI=1S/C11H14ClF3N2O2/c1-16-3-2-8(18)9(19)7-4-6(11(13,14)15)5-17-10(7)12/h4-5,8-9,16,18-19H,2-3H2,1H3. The highest BCUT2D eigenvalue weighted by atomic mass is 35.5. The Morgan fingerprint density at radius 2 is 2.05 bits per heavy atom. The average molecular weight is 299 g/mol. The number of aliphatic hydroxyl groups excluding tert-OH is 2. The third-order valence-corrected chi connectivity index (χ3v) is 2.88. The maximum Gasteiger partial charge on any atom is 0.417 e. The van der Waals surface area contributed by atoms with Crippen LogP contribution >= 0.6 is 11.6 Å². The number of rotatable bonds is 5. The lowest BCUT2D eigenvalue weighted by molar-refractivity contribution is -0.138. The Labute approximate surface area is 113 Å². The SMILES string of the molecule is CNCCC(O)C(O)c1cc(C(F)(F)F)cnc1Cl. The van der Waals surface area contributed by atoms with Gasteiger partial charge >= 0.3 is 6.18 Å². The number of aromatic nitrogens is 1. The van der Waals surface area contributed by atoms with Gasteiger partial charge < -0.3 is 15.5 Å². The molecule has 0 aliphatic heterocycles. The third-order valence-electron chi connectivity index (χ3n) is 2.57. The second-order valence-electron chi connectivity index (χ2n) is 4.01. The molecule has 0 spiro atoms. The summed E-state index contributed by atoms with van der Waals surface area (Å²) in [7, 11) is 1.65. The van der Waals surface area contributed by atoms with Gasteiger partial charge in [0.05, 0.1) is 11.7 Å². The molecular formula is C11H14ClF3N2O2. The predicted molar refractivity (Wildman–Crippen MR) is 63.8 cm³/mol. The molecule has 0 fully saturated rings. The molecule has 108 valence electrons. The molecule has 0 saturated heterocycles. The summed E-state index contributed by atoms with van der Waals surface area (Å²) < 4.78 is 37.6. The fourth-order valence-electron chi connectivity index (χ4n) is 1.48. The Hall–Kier alpha value is -0.890. The first-order chi connectivity index (χ1) is 8.77. The number of hydrogen-bond acceptors (Lipinski definition) is 4. The van der Waals surface area contributed by atoms with E-state index >= 15 is 0 Å². The van der Waals surface area contributed by atoms with Crippen LogP contribution in [0.5, 0.6) is 0 Å². The summed E-state index contributed by atoms with van der Waals surface area (Å²) in [5.41, 5.74) is -1.26. The molecule has 4 nitrogen and oxygen atoms in total. The first-order valence-electron chi connectivity index (χ1n) is 5.50. The molecule has 1 heterocycles. The number of aliphatic hydroxyl groups is 2. The van der Waals surface area contributed by atoms with Gasteiger partial charge in [0.2, 0.25) is 0 Å². The van der Waals surface area contributed by atoms with Crippen molar-refractivity contribution in [3.05, 3.63) is 28.5 Å². The molecule has 0 aliphatic carbocycles. The number of pyridine rings is 1. The summed E-state index contributed by atoms with van der Waals surface area (Å²) in [4.78, 5) is 3.39. The van der Waals surface area contributed by atoms with Crippen molar-refractivity contribution in [2.24, 2.45) is 0 Å². The molecule has 1 rings (SSSR count). The smallest absolute Gasteiger partial charge is 0.390 e. The Morgan fingerprint density at radius 3 is 2.58 bits per heavy atom. The minimum atomic E-state index is -4.58. The van der Waals surface area contributed by atoms with Gasteiger partial charge in [0, 0.05) is 11.8 Å². The van der Waals surface area contributed by atoms with Crippen molar-refractivity contribution in [2.75, 3.05) is 13.6 Å². The number of hydrogen-bond donors (Lipinski definition) is 3.